The van der Waals surface area contributed by atoms with Gasteiger partial charge in [0.05, 0.1) is 6.61 Å². The molecule has 1 amide bonds. The van der Waals surface area contributed by atoms with E-state index in [0.717, 1.165) is 0 Å². The summed E-state index contributed by atoms with van der Waals surface area (Å²) in [5.41, 5.74) is 6.65. The first-order chi connectivity index (χ1) is 6.63. The highest BCUT2D eigenvalue weighted by Crippen LogP contribution is 2.05. The molecule has 4 heteroatoms. The minimum Gasteiger partial charge on any atom is -0.399 e. The van der Waals surface area contributed by atoms with E-state index in [9.17, 15) is 4.79 Å². The molecule has 4 nitrogen and oxygen atoms in total. The average Bonchev–Trinajstić information content (AvgIpc) is 2.18. The van der Waals surface area contributed by atoms with Gasteiger partial charge >= 0.3 is 0 Å². The maximum absolute atomic E-state index is 11.5. The number of benzene rings is 1. The summed E-state index contributed by atoms with van der Waals surface area (Å²) in [6, 6.07) is 6.39. The van der Waals surface area contributed by atoms with Gasteiger partial charge in [0.15, 0.2) is 0 Å². The van der Waals surface area contributed by atoms with Crippen LogP contribution >= 0.6 is 0 Å². The lowest BCUT2D eigenvalue weighted by molar-refractivity contribution is 0.0922. The zero-order valence-electron chi connectivity index (χ0n) is 8.03. The first kappa shape index (κ1) is 10.5. The fraction of sp³-hybridized carbons (Fsp3) is 0.300. The van der Waals surface area contributed by atoms with Crippen molar-refractivity contribution in [2.45, 2.75) is 13.0 Å². The van der Waals surface area contributed by atoms with E-state index in [1.807, 2.05) is 0 Å². The molecule has 1 aromatic carbocycles. The first-order valence-corrected chi connectivity index (χ1v) is 4.40. The standard InChI is InChI=1S/C10H14N2O2/c1-7(6-13)12-10(14)8-2-4-9(11)5-3-8/h2-5,7,13H,6,11H2,1H3,(H,12,14). The summed E-state index contributed by atoms with van der Waals surface area (Å²) in [6.45, 7) is 1.66. The SMILES string of the molecule is CC(CO)NC(=O)c1ccc(N)cc1. The molecule has 0 aliphatic heterocycles. The molecule has 0 aliphatic rings. The molecule has 0 bridgehead atoms. The number of nitrogens with one attached hydrogen (secondary N) is 1. The Hall–Kier alpha value is -1.55. The highest BCUT2D eigenvalue weighted by atomic mass is 16.3. The van der Waals surface area contributed by atoms with E-state index >= 15 is 0 Å². The van der Waals surface area contributed by atoms with Gasteiger partial charge in [-0.1, -0.05) is 0 Å². The van der Waals surface area contributed by atoms with E-state index in [-0.39, 0.29) is 18.6 Å². The van der Waals surface area contributed by atoms with Gasteiger partial charge in [-0.2, -0.15) is 0 Å². The van der Waals surface area contributed by atoms with Gasteiger partial charge in [0.25, 0.3) is 5.91 Å². The topological polar surface area (TPSA) is 75.3 Å². The van der Waals surface area contributed by atoms with E-state index in [2.05, 4.69) is 5.32 Å². The van der Waals surface area contributed by atoms with Crippen LogP contribution in [0, 0.1) is 0 Å². The number of aliphatic hydroxyl groups excluding tert-OH is 1. The Morgan fingerprint density at radius 1 is 1.50 bits per heavy atom. The zero-order valence-corrected chi connectivity index (χ0v) is 8.03. The number of nitrogen functional groups attached to an aromatic ring is 1. The van der Waals surface area contributed by atoms with Gasteiger partial charge in [-0.05, 0) is 31.2 Å². The molecule has 0 saturated carbocycles. The molecule has 0 heterocycles. The smallest absolute Gasteiger partial charge is 0.251 e. The van der Waals surface area contributed by atoms with E-state index in [0.29, 0.717) is 11.3 Å². The monoisotopic (exact) mass is 194 g/mol. The molecule has 1 rings (SSSR count). The first-order valence-electron chi connectivity index (χ1n) is 4.40. The van der Waals surface area contributed by atoms with Crippen LogP contribution in [0.3, 0.4) is 0 Å². The van der Waals surface area contributed by atoms with Crippen LogP contribution in [0.4, 0.5) is 5.69 Å². The molecule has 1 atom stereocenters. The number of hydrogen-bond acceptors (Lipinski definition) is 3. The third-order valence-corrected chi connectivity index (χ3v) is 1.82. The molecule has 14 heavy (non-hydrogen) atoms. The molecular formula is C10H14N2O2. The van der Waals surface area contributed by atoms with Gasteiger partial charge in [0.2, 0.25) is 0 Å². The molecule has 1 aromatic rings. The number of amides is 1. The Balaban J connectivity index is 2.65. The lowest BCUT2D eigenvalue weighted by atomic mass is 10.2. The molecule has 0 aliphatic carbocycles. The lowest BCUT2D eigenvalue weighted by Crippen LogP contribution is -2.34. The predicted octanol–water partition coefficient (Wildman–Crippen LogP) is 0.379. The summed E-state index contributed by atoms with van der Waals surface area (Å²) < 4.78 is 0. The summed E-state index contributed by atoms with van der Waals surface area (Å²) in [4.78, 5) is 11.5. The average molecular weight is 194 g/mol. The third-order valence-electron chi connectivity index (χ3n) is 1.82. The number of rotatable bonds is 3. The van der Waals surface area contributed by atoms with Crippen LogP contribution < -0.4 is 11.1 Å². The Kier molecular flexibility index (Phi) is 3.48. The van der Waals surface area contributed by atoms with E-state index in [1.54, 1.807) is 31.2 Å². The molecule has 0 spiro atoms. The Morgan fingerprint density at radius 2 is 2.07 bits per heavy atom. The quantitative estimate of drug-likeness (QED) is 0.609. The third kappa shape index (κ3) is 2.74. The normalized spacial score (nSPS) is 12.1. The number of carbonyl (C=O) groups is 1. The van der Waals surface area contributed by atoms with Crippen molar-refractivity contribution in [3.05, 3.63) is 29.8 Å². The summed E-state index contributed by atoms with van der Waals surface area (Å²) in [7, 11) is 0. The molecule has 0 fully saturated rings. The van der Waals surface area contributed by atoms with Crippen LogP contribution in [0.15, 0.2) is 24.3 Å². The lowest BCUT2D eigenvalue weighted by Gasteiger charge is -2.10. The number of carbonyl (C=O) groups excluding carboxylic acids is 1. The van der Waals surface area contributed by atoms with E-state index < -0.39 is 0 Å². The van der Waals surface area contributed by atoms with Crippen molar-refractivity contribution >= 4 is 11.6 Å². The second-order valence-corrected chi connectivity index (χ2v) is 3.18. The zero-order chi connectivity index (χ0) is 10.6. The maximum atomic E-state index is 11.5. The summed E-state index contributed by atoms with van der Waals surface area (Å²) in [5, 5.41) is 11.4. The minimum atomic E-state index is -0.236. The van der Waals surface area contributed by atoms with Gasteiger partial charge in [-0.15, -0.1) is 0 Å². The van der Waals surface area contributed by atoms with E-state index in [4.69, 9.17) is 10.8 Å². The van der Waals surface area contributed by atoms with Crippen LogP contribution in [0.25, 0.3) is 0 Å². The molecular weight excluding hydrogens is 180 g/mol. The summed E-state index contributed by atoms with van der Waals surface area (Å²) in [6.07, 6.45) is 0. The van der Waals surface area contributed by atoms with Crippen molar-refractivity contribution < 1.29 is 9.90 Å². The van der Waals surface area contributed by atoms with Gasteiger partial charge in [0, 0.05) is 17.3 Å². The second-order valence-electron chi connectivity index (χ2n) is 3.18. The van der Waals surface area contributed by atoms with E-state index in [1.165, 1.54) is 0 Å². The van der Waals surface area contributed by atoms with Crippen molar-refractivity contribution in [1.29, 1.82) is 0 Å². The van der Waals surface area contributed by atoms with Crippen LogP contribution in [-0.2, 0) is 0 Å². The van der Waals surface area contributed by atoms with Crippen molar-refractivity contribution in [3.8, 4) is 0 Å². The number of nitrogens with two attached hydrogens (primary N) is 1. The summed E-state index contributed by atoms with van der Waals surface area (Å²) >= 11 is 0. The van der Waals surface area contributed by atoms with Crippen LogP contribution in [-0.4, -0.2) is 23.7 Å². The molecule has 76 valence electrons. The van der Waals surface area contributed by atoms with Gasteiger partial charge < -0.3 is 16.2 Å². The Bertz CT molecular complexity index is 308. The van der Waals surface area contributed by atoms with Crippen LogP contribution in [0.1, 0.15) is 17.3 Å². The van der Waals surface area contributed by atoms with Crippen LogP contribution in [0.2, 0.25) is 0 Å². The summed E-state index contributed by atoms with van der Waals surface area (Å²) in [5.74, 6) is -0.202. The highest BCUT2D eigenvalue weighted by molar-refractivity contribution is 5.94. The molecule has 0 saturated heterocycles. The molecule has 4 N–H and O–H groups in total. The van der Waals surface area contributed by atoms with Crippen molar-refractivity contribution in [1.82, 2.24) is 5.32 Å². The fourth-order valence-corrected chi connectivity index (χ4v) is 0.987. The molecule has 0 aromatic heterocycles. The fourth-order valence-electron chi connectivity index (χ4n) is 0.987. The van der Waals surface area contributed by atoms with Crippen LogP contribution in [0.5, 0.6) is 0 Å². The largest absolute Gasteiger partial charge is 0.399 e. The predicted molar refractivity (Wildman–Crippen MR) is 54.9 cm³/mol. The van der Waals surface area contributed by atoms with Crippen molar-refractivity contribution in [3.63, 3.8) is 0 Å². The highest BCUT2D eigenvalue weighted by Gasteiger charge is 2.07. The minimum absolute atomic E-state index is 0.0687. The van der Waals surface area contributed by atoms with Crippen molar-refractivity contribution in [2.75, 3.05) is 12.3 Å². The van der Waals surface area contributed by atoms with Crippen molar-refractivity contribution in [2.24, 2.45) is 0 Å². The second kappa shape index (κ2) is 4.62. The van der Waals surface area contributed by atoms with Gasteiger partial charge in [0.1, 0.15) is 0 Å². The number of anilines is 1. The molecule has 1 unspecified atom stereocenters. The Morgan fingerprint density at radius 3 is 2.57 bits per heavy atom. The molecule has 0 radical (unpaired) electrons. The Labute approximate surface area is 82.7 Å². The van der Waals surface area contributed by atoms with Gasteiger partial charge in [-0.3, -0.25) is 4.79 Å². The number of aliphatic hydroxyl groups is 1. The van der Waals surface area contributed by atoms with Gasteiger partial charge in [-0.25, -0.2) is 0 Å². The maximum Gasteiger partial charge on any atom is 0.251 e. The number of hydrogen-bond donors (Lipinski definition) is 3.